The second-order valence-electron chi connectivity index (χ2n) is 5.42. The van der Waals surface area contributed by atoms with Crippen LogP contribution in [0.3, 0.4) is 0 Å². The molecular formula is C13H21N5S. The molecule has 2 unspecified atom stereocenters. The van der Waals surface area contributed by atoms with Gasteiger partial charge in [-0.1, -0.05) is 11.8 Å². The van der Waals surface area contributed by atoms with E-state index in [4.69, 9.17) is 5.73 Å². The fourth-order valence-electron chi connectivity index (χ4n) is 3.20. The monoisotopic (exact) mass is 279 g/mol. The van der Waals surface area contributed by atoms with Crippen LogP contribution in [0, 0.1) is 0 Å². The van der Waals surface area contributed by atoms with Gasteiger partial charge >= 0.3 is 0 Å². The molecule has 0 aliphatic carbocycles. The number of nitrogen functional groups attached to an aromatic ring is 1. The number of likely N-dealkylation sites (N-methyl/N-ethyl adjacent to an activating group) is 1. The van der Waals surface area contributed by atoms with Gasteiger partial charge in [0.25, 0.3) is 0 Å². The Hall–Kier alpha value is -1.01. The number of rotatable bonds is 2. The number of hydrogen-bond acceptors (Lipinski definition) is 6. The summed E-state index contributed by atoms with van der Waals surface area (Å²) in [5.74, 6) is 1.55. The van der Waals surface area contributed by atoms with Crippen LogP contribution in [0.15, 0.2) is 11.2 Å². The molecule has 2 fully saturated rings. The fraction of sp³-hybridized carbons (Fsp3) is 0.692. The molecule has 104 valence electrons. The molecule has 2 saturated heterocycles. The summed E-state index contributed by atoms with van der Waals surface area (Å²) in [4.78, 5) is 13.7. The minimum atomic E-state index is 0.567. The highest BCUT2D eigenvalue weighted by Crippen LogP contribution is 2.30. The summed E-state index contributed by atoms with van der Waals surface area (Å²) in [7, 11) is 2.26. The molecule has 0 spiro atoms. The zero-order valence-corrected chi connectivity index (χ0v) is 12.4. The lowest BCUT2D eigenvalue weighted by Crippen LogP contribution is -2.37. The smallest absolute Gasteiger partial charge is 0.191 e. The Balaban J connectivity index is 1.84. The first kappa shape index (κ1) is 13.0. The lowest BCUT2D eigenvalue weighted by Gasteiger charge is -2.26. The lowest BCUT2D eigenvalue weighted by molar-refractivity contribution is 0.254. The third kappa shape index (κ3) is 2.51. The molecule has 2 aliphatic heterocycles. The van der Waals surface area contributed by atoms with E-state index < -0.39 is 0 Å². The first-order chi connectivity index (χ1) is 9.17. The maximum atomic E-state index is 5.88. The third-order valence-corrected chi connectivity index (χ3v) is 4.91. The van der Waals surface area contributed by atoms with E-state index in [2.05, 4.69) is 26.8 Å². The van der Waals surface area contributed by atoms with Gasteiger partial charge in [-0.15, -0.1) is 0 Å². The van der Waals surface area contributed by atoms with Gasteiger partial charge in [-0.25, -0.2) is 9.97 Å². The van der Waals surface area contributed by atoms with Crippen LogP contribution in [0.25, 0.3) is 0 Å². The lowest BCUT2D eigenvalue weighted by atomic mass is 10.1. The minimum absolute atomic E-state index is 0.567. The Morgan fingerprint density at radius 1 is 1.26 bits per heavy atom. The number of aromatic nitrogens is 2. The van der Waals surface area contributed by atoms with Crippen molar-refractivity contribution in [2.45, 2.75) is 36.5 Å². The number of nitrogens with two attached hydrogens (primary N) is 1. The van der Waals surface area contributed by atoms with Gasteiger partial charge in [0.1, 0.15) is 11.6 Å². The van der Waals surface area contributed by atoms with Gasteiger partial charge in [-0.3, -0.25) is 4.90 Å². The first-order valence-electron chi connectivity index (χ1n) is 6.83. The van der Waals surface area contributed by atoms with Crippen molar-refractivity contribution in [3.05, 3.63) is 6.07 Å². The van der Waals surface area contributed by atoms with Crippen molar-refractivity contribution in [1.82, 2.24) is 14.9 Å². The normalized spacial score (nSPS) is 27.6. The number of hydrogen-bond donors (Lipinski definition) is 1. The molecule has 3 heterocycles. The predicted octanol–water partition coefficient (Wildman–Crippen LogP) is 1.45. The highest BCUT2D eigenvalue weighted by molar-refractivity contribution is 7.98. The van der Waals surface area contributed by atoms with Gasteiger partial charge in [0.2, 0.25) is 0 Å². The number of fused-ring (bicyclic) bond motifs is 2. The van der Waals surface area contributed by atoms with E-state index in [0.29, 0.717) is 11.9 Å². The zero-order chi connectivity index (χ0) is 13.4. The SMILES string of the molecule is CSc1nc(N)cc(N2CCC3CCC(C2)N3C)n1. The molecule has 19 heavy (non-hydrogen) atoms. The van der Waals surface area contributed by atoms with Gasteiger partial charge in [0.15, 0.2) is 5.16 Å². The predicted molar refractivity (Wildman–Crippen MR) is 79.6 cm³/mol. The largest absolute Gasteiger partial charge is 0.383 e. The van der Waals surface area contributed by atoms with Crippen LogP contribution in [-0.2, 0) is 0 Å². The van der Waals surface area contributed by atoms with E-state index in [-0.39, 0.29) is 0 Å². The van der Waals surface area contributed by atoms with Gasteiger partial charge in [0.05, 0.1) is 0 Å². The fourth-order valence-corrected chi connectivity index (χ4v) is 3.58. The Labute approximate surface area is 118 Å². The average molecular weight is 279 g/mol. The maximum Gasteiger partial charge on any atom is 0.191 e. The number of nitrogens with zero attached hydrogens (tertiary/aromatic N) is 4. The number of thioether (sulfide) groups is 1. The molecule has 1 aromatic rings. The van der Waals surface area contributed by atoms with Crippen LogP contribution in [-0.4, -0.2) is 53.3 Å². The second kappa shape index (κ2) is 5.17. The molecule has 0 saturated carbocycles. The second-order valence-corrected chi connectivity index (χ2v) is 6.20. The van der Waals surface area contributed by atoms with Crippen LogP contribution in [0.5, 0.6) is 0 Å². The number of anilines is 2. The Morgan fingerprint density at radius 2 is 2.05 bits per heavy atom. The molecule has 5 nitrogen and oxygen atoms in total. The molecule has 2 atom stereocenters. The van der Waals surface area contributed by atoms with Gasteiger partial charge in [-0.2, -0.15) is 0 Å². The van der Waals surface area contributed by atoms with Gasteiger partial charge in [0, 0.05) is 31.2 Å². The van der Waals surface area contributed by atoms with E-state index >= 15 is 0 Å². The summed E-state index contributed by atoms with van der Waals surface area (Å²) in [5.41, 5.74) is 5.88. The highest BCUT2D eigenvalue weighted by Gasteiger charge is 2.35. The van der Waals surface area contributed by atoms with E-state index in [1.54, 1.807) is 11.8 Å². The van der Waals surface area contributed by atoms with E-state index in [1.165, 1.54) is 19.3 Å². The maximum absolute atomic E-state index is 5.88. The molecule has 0 amide bonds. The van der Waals surface area contributed by atoms with Crippen molar-refractivity contribution < 1.29 is 0 Å². The zero-order valence-electron chi connectivity index (χ0n) is 11.5. The summed E-state index contributed by atoms with van der Waals surface area (Å²) in [5, 5.41) is 0.762. The van der Waals surface area contributed by atoms with Crippen molar-refractivity contribution in [3.63, 3.8) is 0 Å². The molecule has 2 aliphatic rings. The van der Waals surface area contributed by atoms with Gasteiger partial charge in [-0.05, 0) is 32.6 Å². The van der Waals surface area contributed by atoms with Crippen LogP contribution < -0.4 is 10.6 Å². The van der Waals surface area contributed by atoms with E-state index in [9.17, 15) is 0 Å². The summed E-state index contributed by atoms with van der Waals surface area (Å²) >= 11 is 1.54. The van der Waals surface area contributed by atoms with Crippen molar-refractivity contribution >= 4 is 23.4 Å². The Kier molecular flexibility index (Phi) is 3.54. The van der Waals surface area contributed by atoms with E-state index in [0.717, 1.165) is 30.1 Å². The molecule has 2 bridgehead atoms. The molecule has 3 rings (SSSR count). The van der Waals surface area contributed by atoms with Crippen molar-refractivity contribution in [1.29, 1.82) is 0 Å². The topological polar surface area (TPSA) is 58.3 Å². The molecule has 0 radical (unpaired) electrons. The summed E-state index contributed by atoms with van der Waals surface area (Å²) < 4.78 is 0. The highest BCUT2D eigenvalue weighted by atomic mass is 32.2. The van der Waals surface area contributed by atoms with Gasteiger partial charge < -0.3 is 10.6 Å². The quantitative estimate of drug-likeness (QED) is 0.653. The minimum Gasteiger partial charge on any atom is -0.383 e. The molecule has 2 N–H and O–H groups in total. The standard InChI is InChI=1S/C13H21N5S/c1-17-9-3-4-10(17)8-18(6-5-9)12-7-11(14)15-13(16-12)19-2/h7,9-10H,3-6,8H2,1-2H3,(H2,14,15,16). The molecular weight excluding hydrogens is 258 g/mol. The summed E-state index contributed by atoms with van der Waals surface area (Å²) in [6.07, 6.45) is 5.84. The third-order valence-electron chi connectivity index (χ3n) is 4.37. The van der Waals surface area contributed by atoms with E-state index in [1.807, 2.05) is 12.3 Å². The van der Waals surface area contributed by atoms with Crippen molar-refractivity contribution in [2.75, 3.05) is 37.0 Å². The molecule has 6 heteroatoms. The summed E-state index contributed by atoms with van der Waals surface area (Å²) in [6.45, 7) is 2.12. The van der Waals surface area contributed by atoms with Crippen molar-refractivity contribution in [3.8, 4) is 0 Å². The molecule has 0 aromatic carbocycles. The average Bonchev–Trinajstić information content (AvgIpc) is 2.62. The first-order valence-corrected chi connectivity index (χ1v) is 8.05. The molecule has 1 aromatic heterocycles. The van der Waals surface area contributed by atoms with Crippen LogP contribution in [0.4, 0.5) is 11.6 Å². The van der Waals surface area contributed by atoms with Crippen LogP contribution in [0.2, 0.25) is 0 Å². The van der Waals surface area contributed by atoms with Crippen LogP contribution in [0.1, 0.15) is 19.3 Å². The Morgan fingerprint density at radius 3 is 2.84 bits per heavy atom. The van der Waals surface area contributed by atoms with Crippen molar-refractivity contribution in [2.24, 2.45) is 0 Å². The Bertz CT molecular complexity index is 466. The van der Waals surface area contributed by atoms with Crippen LogP contribution >= 0.6 is 11.8 Å². The summed E-state index contributed by atoms with van der Waals surface area (Å²) in [6, 6.07) is 3.30.